The van der Waals surface area contributed by atoms with Gasteiger partial charge < -0.3 is 14.2 Å². The van der Waals surface area contributed by atoms with Crippen molar-refractivity contribution in [1.29, 1.82) is 0 Å². The standard InChI is InChI=1S/C70H120O6/c1-4-7-10-13-16-19-21-23-25-27-29-31-33-34-35-36-38-39-41-43-45-47-49-51-54-57-60-63-69(72)75-66-67(65-74-68(71)62-59-56-53-18-15-12-9-6-3)76-70(73)64-61-58-55-52-50-48-46-44-42-40-37-32-30-28-26-24-22-20-17-14-11-8-5-2/h8,11,17,20,24,26-27,29-30,32,40,42,46,48,52,55,67H,4-7,9-10,12-16,18-19,21-23,25,28,31,33-39,41,43-45,47,49-51,53-54,56-66H2,1-3H3/b11-8-,20-17-,26-24-,29-27-,32-30-,42-40-,48-46-,55-52-. The van der Waals surface area contributed by atoms with E-state index in [0.717, 1.165) is 89.9 Å². The first kappa shape index (κ1) is 72.3. The summed E-state index contributed by atoms with van der Waals surface area (Å²) in [7, 11) is 0. The Morgan fingerprint density at radius 1 is 0.276 bits per heavy atom. The smallest absolute Gasteiger partial charge is 0.306 e. The lowest BCUT2D eigenvalue weighted by Gasteiger charge is -2.18. The van der Waals surface area contributed by atoms with Gasteiger partial charge in [0.2, 0.25) is 0 Å². The average molecular weight is 1060 g/mol. The van der Waals surface area contributed by atoms with Gasteiger partial charge in [0.05, 0.1) is 0 Å². The zero-order chi connectivity index (χ0) is 55.0. The van der Waals surface area contributed by atoms with E-state index in [4.69, 9.17) is 14.2 Å². The SMILES string of the molecule is CC/C=C\C/C=C\C/C=C\C/C=C\C/C=C\C/C=C\C/C=C\CCCC(=O)OC(COC(=O)CCCCCCCCCC)COC(=O)CCCCCCCCCCCCCCCCC/C=C\CCCCCCCCCC. The number of unbranched alkanes of at least 4 members (excludes halogenated alkanes) is 31. The number of hydrogen-bond acceptors (Lipinski definition) is 6. The molecule has 0 saturated heterocycles. The molecule has 0 aliphatic rings. The molecule has 0 radical (unpaired) electrons. The molecule has 0 aromatic heterocycles. The lowest BCUT2D eigenvalue weighted by Crippen LogP contribution is -2.30. The number of allylic oxidation sites excluding steroid dienone is 16. The lowest BCUT2D eigenvalue weighted by molar-refractivity contribution is -0.167. The summed E-state index contributed by atoms with van der Waals surface area (Å²) < 4.78 is 16.8. The Morgan fingerprint density at radius 3 is 0.855 bits per heavy atom. The van der Waals surface area contributed by atoms with Gasteiger partial charge in [-0.15, -0.1) is 0 Å². The van der Waals surface area contributed by atoms with Crippen LogP contribution in [0.3, 0.4) is 0 Å². The maximum atomic E-state index is 12.8. The second-order valence-electron chi connectivity index (χ2n) is 21.3. The van der Waals surface area contributed by atoms with Crippen molar-refractivity contribution in [2.24, 2.45) is 0 Å². The van der Waals surface area contributed by atoms with Gasteiger partial charge in [0, 0.05) is 19.3 Å². The Labute approximate surface area is 470 Å². The van der Waals surface area contributed by atoms with Crippen molar-refractivity contribution in [3.05, 3.63) is 97.2 Å². The summed E-state index contributed by atoms with van der Waals surface area (Å²) in [5.74, 6) is -0.955. The van der Waals surface area contributed by atoms with Crippen LogP contribution in [0.2, 0.25) is 0 Å². The monoisotopic (exact) mass is 1060 g/mol. The summed E-state index contributed by atoms with van der Waals surface area (Å²) in [6.45, 7) is 6.47. The molecule has 0 aliphatic carbocycles. The molecule has 436 valence electrons. The molecule has 0 N–H and O–H groups in total. The molecule has 0 aliphatic heterocycles. The van der Waals surface area contributed by atoms with Crippen LogP contribution < -0.4 is 0 Å². The first-order valence-corrected chi connectivity index (χ1v) is 32.2. The summed E-state index contributed by atoms with van der Waals surface area (Å²) in [6, 6.07) is 0. The highest BCUT2D eigenvalue weighted by atomic mass is 16.6. The first-order valence-electron chi connectivity index (χ1n) is 32.2. The molecule has 6 nitrogen and oxygen atoms in total. The second kappa shape index (κ2) is 63.9. The van der Waals surface area contributed by atoms with Gasteiger partial charge in [0.25, 0.3) is 0 Å². The number of carbonyl (C=O) groups is 3. The molecule has 0 bridgehead atoms. The van der Waals surface area contributed by atoms with Crippen molar-refractivity contribution in [1.82, 2.24) is 0 Å². The van der Waals surface area contributed by atoms with E-state index in [-0.39, 0.29) is 37.5 Å². The van der Waals surface area contributed by atoms with Gasteiger partial charge >= 0.3 is 17.9 Å². The molecule has 0 aromatic carbocycles. The molecule has 0 aromatic rings. The van der Waals surface area contributed by atoms with Gasteiger partial charge in [0.15, 0.2) is 6.10 Å². The molecule has 1 atom stereocenters. The third-order valence-electron chi connectivity index (χ3n) is 13.8. The molecule has 0 rings (SSSR count). The number of carbonyl (C=O) groups excluding carboxylic acids is 3. The van der Waals surface area contributed by atoms with Crippen LogP contribution in [0.5, 0.6) is 0 Å². The van der Waals surface area contributed by atoms with Crippen LogP contribution >= 0.6 is 0 Å². The minimum Gasteiger partial charge on any atom is -0.462 e. The second-order valence-corrected chi connectivity index (χ2v) is 21.3. The Balaban J connectivity index is 4.24. The third kappa shape index (κ3) is 61.2. The number of rotatable bonds is 58. The molecule has 0 spiro atoms. The van der Waals surface area contributed by atoms with Crippen molar-refractivity contribution in [2.45, 2.75) is 316 Å². The lowest BCUT2D eigenvalue weighted by atomic mass is 10.0. The van der Waals surface area contributed by atoms with E-state index >= 15 is 0 Å². The summed E-state index contributed by atoms with van der Waals surface area (Å²) in [6.07, 6.45) is 85.9. The minimum atomic E-state index is -0.806. The predicted octanol–water partition coefficient (Wildman–Crippen LogP) is 22.0. The van der Waals surface area contributed by atoms with Crippen LogP contribution in [-0.4, -0.2) is 37.2 Å². The van der Waals surface area contributed by atoms with Crippen LogP contribution in [-0.2, 0) is 28.6 Å². The first-order chi connectivity index (χ1) is 37.5. The fourth-order valence-electron chi connectivity index (χ4n) is 9.02. The van der Waals surface area contributed by atoms with Crippen molar-refractivity contribution < 1.29 is 28.6 Å². The van der Waals surface area contributed by atoms with E-state index in [1.807, 2.05) is 0 Å². The fourth-order valence-corrected chi connectivity index (χ4v) is 9.02. The highest BCUT2D eigenvalue weighted by molar-refractivity contribution is 5.71. The van der Waals surface area contributed by atoms with Crippen LogP contribution in [0, 0.1) is 0 Å². The maximum Gasteiger partial charge on any atom is 0.306 e. The summed E-state index contributed by atoms with van der Waals surface area (Å²) >= 11 is 0. The van der Waals surface area contributed by atoms with Crippen molar-refractivity contribution in [2.75, 3.05) is 13.2 Å². The summed E-state index contributed by atoms with van der Waals surface area (Å²) in [5.41, 5.74) is 0. The Hall–Kier alpha value is -3.67. The topological polar surface area (TPSA) is 78.9 Å². The van der Waals surface area contributed by atoms with E-state index in [1.165, 1.54) is 173 Å². The molecule has 0 heterocycles. The minimum absolute atomic E-state index is 0.0984. The Kier molecular flexibility index (Phi) is 60.8. The zero-order valence-electron chi connectivity index (χ0n) is 50.0. The zero-order valence-corrected chi connectivity index (χ0v) is 50.0. The molecular formula is C70H120O6. The molecule has 6 heteroatoms. The quantitative estimate of drug-likeness (QED) is 0.0261. The molecular weight excluding hydrogens is 937 g/mol. The number of ether oxygens (including phenoxy) is 3. The molecule has 0 amide bonds. The van der Waals surface area contributed by atoms with Gasteiger partial charge in [-0.3, -0.25) is 14.4 Å². The van der Waals surface area contributed by atoms with Crippen molar-refractivity contribution >= 4 is 17.9 Å². The van der Waals surface area contributed by atoms with Gasteiger partial charge in [-0.1, -0.05) is 291 Å². The van der Waals surface area contributed by atoms with Crippen LogP contribution in [0.15, 0.2) is 97.2 Å². The Bertz CT molecular complexity index is 1490. The summed E-state index contributed by atoms with van der Waals surface area (Å²) in [4.78, 5) is 38.1. The van der Waals surface area contributed by atoms with E-state index in [1.54, 1.807) is 0 Å². The average Bonchev–Trinajstić information content (AvgIpc) is 3.42. The van der Waals surface area contributed by atoms with E-state index < -0.39 is 6.10 Å². The predicted molar refractivity (Wildman–Crippen MR) is 330 cm³/mol. The largest absolute Gasteiger partial charge is 0.462 e. The molecule has 1 unspecified atom stereocenters. The number of hydrogen-bond donors (Lipinski definition) is 0. The van der Waals surface area contributed by atoms with E-state index in [9.17, 15) is 14.4 Å². The molecule has 0 saturated carbocycles. The number of esters is 3. The van der Waals surface area contributed by atoms with Crippen LogP contribution in [0.25, 0.3) is 0 Å². The highest BCUT2D eigenvalue weighted by Crippen LogP contribution is 2.16. The third-order valence-corrected chi connectivity index (χ3v) is 13.8. The Morgan fingerprint density at radius 2 is 0.526 bits per heavy atom. The highest BCUT2D eigenvalue weighted by Gasteiger charge is 2.19. The van der Waals surface area contributed by atoms with Crippen LogP contribution in [0.1, 0.15) is 310 Å². The van der Waals surface area contributed by atoms with Gasteiger partial charge in [-0.25, -0.2) is 0 Å². The van der Waals surface area contributed by atoms with Crippen molar-refractivity contribution in [3.63, 3.8) is 0 Å². The van der Waals surface area contributed by atoms with Gasteiger partial charge in [-0.05, 0) is 96.3 Å². The maximum absolute atomic E-state index is 12.8. The molecule has 76 heavy (non-hydrogen) atoms. The molecule has 0 fully saturated rings. The van der Waals surface area contributed by atoms with Crippen LogP contribution in [0.4, 0.5) is 0 Å². The normalized spacial score (nSPS) is 12.7. The van der Waals surface area contributed by atoms with Gasteiger partial charge in [-0.2, -0.15) is 0 Å². The van der Waals surface area contributed by atoms with E-state index in [2.05, 4.69) is 118 Å². The summed E-state index contributed by atoms with van der Waals surface area (Å²) in [5, 5.41) is 0. The van der Waals surface area contributed by atoms with Gasteiger partial charge in [0.1, 0.15) is 13.2 Å². The fraction of sp³-hybridized carbons (Fsp3) is 0.729. The van der Waals surface area contributed by atoms with E-state index in [0.29, 0.717) is 19.3 Å². The van der Waals surface area contributed by atoms with Crippen molar-refractivity contribution in [3.8, 4) is 0 Å².